The molecule has 0 aliphatic heterocycles. The van der Waals surface area contributed by atoms with Crippen molar-refractivity contribution in [3.63, 3.8) is 0 Å². The summed E-state index contributed by atoms with van der Waals surface area (Å²) in [6.45, 7) is 2.60. The van der Waals surface area contributed by atoms with E-state index >= 15 is 0 Å². The molecule has 2 aromatic rings. The predicted octanol–water partition coefficient (Wildman–Crippen LogP) is 1.49. The van der Waals surface area contributed by atoms with E-state index in [1.54, 1.807) is 30.9 Å². The number of nitrogens with one attached hydrogen (secondary N) is 2. The minimum absolute atomic E-state index is 0.00270. The van der Waals surface area contributed by atoms with Gasteiger partial charge >= 0.3 is 6.03 Å². The first kappa shape index (κ1) is 12.1. The molecule has 0 spiro atoms. The number of carbonyl (C=O) groups is 1. The van der Waals surface area contributed by atoms with Gasteiger partial charge in [-0.25, -0.2) is 14.8 Å². The van der Waals surface area contributed by atoms with Gasteiger partial charge in [-0.3, -0.25) is 5.32 Å². The Balaban J connectivity index is 1.80. The molecule has 0 bridgehead atoms. The van der Waals surface area contributed by atoms with Crippen molar-refractivity contribution >= 4 is 11.8 Å². The molecule has 0 saturated carbocycles. The molecule has 6 heteroatoms. The number of amides is 2. The lowest BCUT2D eigenvalue weighted by Crippen LogP contribution is -2.38. The van der Waals surface area contributed by atoms with Crippen LogP contribution in [0.4, 0.5) is 10.6 Å². The van der Waals surface area contributed by atoms with Crippen molar-refractivity contribution in [3.8, 4) is 0 Å². The predicted molar refractivity (Wildman–Crippen MR) is 68.1 cm³/mol. The number of rotatable bonds is 4. The Hall–Kier alpha value is -2.37. The van der Waals surface area contributed by atoms with Gasteiger partial charge in [-0.15, -0.1) is 0 Å². The summed E-state index contributed by atoms with van der Waals surface area (Å²) in [5, 5.41) is 5.49. The first-order valence-electron chi connectivity index (χ1n) is 5.68. The van der Waals surface area contributed by atoms with Crippen molar-refractivity contribution in [2.24, 2.45) is 0 Å². The number of pyridine rings is 1. The third-order valence-corrected chi connectivity index (χ3v) is 2.33. The van der Waals surface area contributed by atoms with E-state index in [0.29, 0.717) is 12.4 Å². The van der Waals surface area contributed by atoms with E-state index in [9.17, 15) is 4.79 Å². The fraction of sp³-hybridized carbons (Fsp3) is 0.250. The quantitative estimate of drug-likeness (QED) is 0.857. The van der Waals surface area contributed by atoms with Crippen LogP contribution >= 0.6 is 0 Å². The van der Waals surface area contributed by atoms with Crippen molar-refractivity contribution in [1.29, 1.82) is 0 Å². The molecule has 18 heavy (non-hydrogen) atoms. The molecule has 2 heterocycles. The minimum atomic E-state index is -0.263. The summed E-state index contributed by atoms with van der Waals surface area (Å²) in [7, 11) is 0. The van der Waals surface area contributed by atoms with Crippen LogP contribution in [0.3, 0.4) is 0 Å². The van der Waals surface area contributed by atoms with E-state index in [1.807, 2.05) is 23.8 Å². The van der Waals surface area contributed by atoms with Crippen LogP contribution < -0.4 is 10.6 Å². The molecule has 2 amide bonds. The topological polar surface area (TPSA) is 71.8 Å². The van der Waals surface area contributed by atoms with Gasteiger partial charge in [0.15, 0.2) is 0 Å². The summed E-state index contributed by atoms with van der Waals surface area (Å²) in [5.41, 5.74) is 0. The largest absolute Gasteiger partial charge is 0.335 e. The Labute approximate surface area is 105 Å². The highest BCUT2D eigenvalue weighted by Gasteiger charge is 2.07. The lowest BCUT2D eigenvalue weighted by atomic mass is 10.3. The Morgan fingerprint density at radius 2 is 2.33 bits per heavy atom. The van der Waals surface area contributed by atoms with Gasteiger partial charge in [0.2, 0.25) is 0 Å². The average molecular weight is 245 g/mol. The van der Waals surface area contributed by atoms with Gasteiger partial charge in [0.05, 0.1) is 6.33 Å². The summed E-state index contributed by atoms with van der Waals surface area (Å²) in [6.07, 6.45) is 6.91. The van der Waals surface area contributed by atoms with Gasteiger partial charge in [-0.05, 0) is 19.1 Å². The number of nitrogens with zero attached hydrogens (tertiary/aromatic N) is 3. The van der Waals surface area contributed by atoms with Crippen molar-refractivity contribution < 1.29 is 4.79 Å². The lowest BCUT2D eigenvalue weighted by molar-refractivity contribution is 0.248. The zero-order valence-electron chi connectivity index (χ0n) is 10.1. The van der Waals surface area contributed by atoms with Gasteiger partial charge in [0.1, 0.15) is 5.82 Å². The third-order valence-electron chi connectivity index (χ3n) is 2.33. The van der Waals surface area contributed by atoms with Crippen molar-refractivity contribution in [1.82, 2.24) is 19.9 Å². The molecule has 0 fully saturated rings. The Bertz CT molecular complexity index is 482. The Morgan fingerprint density at radius 3 is 3.00 bits per heavy atom. The molecule has 0 saturated heterocycles. The van der Waals surface area contributed by atoms with Gasteiger partial charge < -0.3 is 9.88 Å². The number of hydrogen-bond donors (Lipinski definition) is 2. The van der Waals surface area contributed by atoms with Crippen LogP contribution in [0.5, 0.6) is 0 Å². The van der Waals surface area contributed by atoms with E-state index in [-0.39, 0.29) is 12.1 Å². The molecule has 2 rings (SSSR count). The lowest BCUT2D eigenvalue weighted by Gasteiger charge is -2.14. The number of imidazole rings is 1. The fourth-order valence-electron chi connectivity index (χ4n) is 1.57. The zero-order valence-corrected chi connectivity index (χ0v) is 10.1. The molecule has 0 aliphatic rings. The van der Waals surface area contributed by atoms with Gasteiger partial charge in [0, 0.05) is 31.2 Å². The minimum Gasteiger partial charge on any atom is -0.335 e. The number of hydrogen-bond acceptors (Lipinski definition) is 3. The van der Waals surface area contributed by atoms with E-state index in [4.69, 9.17) is 0 Å². The second kappa shape index (κ2) is 5.81. The molecule has 0 aliphatic carbocycles. The highest BCUT2D eigenvalue weighted by Crippen LogP contribution is 1.99. The number of anilines is 1. The SMILES string of the molecule is C[C@@H](Cn1ccnc1)NC(=O)Nc1ccccn1. The van der Waals surface area contributed by atoms with E-state index in [1.165, 1.54) is 0 Å². The van der Waals surface area contributed by atoms with Crippen LogP contribution in [0.2, 0.25) is 0 Å². The monoisotopic (exact) mass is 245 g/mol. The molecule has 0 aromatic carbocycles. The van der Waals surface area contributed by atoms with E-state index in [0.717, 1.165) is 0 Å². The Morgan fingerprint density at radius 1 is 1.44 bits per heavy atom. The van der Waals surface area contributed by atoms with Crippen LogP contribution in [0.1, 0.15) is 6.92 Å². The van der Waals surface area contributed by atoms with Crippen LogP contribution in [0, 0.1) is 0 Å². The van der Waals surface area contributed by atoms with Crippen LogP contribution in [-0.2, 0) is 6.54 Å². The summed E-state index contributed by atoms with van der Waals surface area (Å²) in [6, 6.07) is 5.09. The van der Waals surface area contributed by atoms with E-state index in [2.05, 4.69) is 20.6 Å². The molecule has 0 radical (unpaired) electrons. The molecule has 0 unspecified atom stereocenters. The van der Waals surface area contributed by atoms with E-state index < -0.39 is 0 Å². The zero-order chi connectivity index (χ0) is 12.8. The summed E-state index contributed by atoms with van der Waals surface area (Å²) in [5.74, 6) is 0.532. The smallest absolute Gasteiger partial charge is 0.320 e. The average Bonchev–Trinajstić information content (AvgIpc) is 2.82. The summed E-state index contributed by atoms with van der Waals surface area (Å²) >= 11 is 0. The number of aromatic nitrogens is 3. The normalized spacial score (nSPS) is 11.8. The van der Waals surface area contributed by atoms with Crippen molar-refractivity contribution in [2.75, 3.05) is 5.32 Å². The van der Waals surface area contributed by atoms with Gasteiger partial charge in [0.25, 0.3) is 0 Å². The molecule has 2 aromatic heterocycles. The standard InChI is InChI=1S/C12H15N5O/c1-10(8-17-7-6-13-9-17)15-12(18)16-11-4-2-3-5-14-11/h2-7,9-10H,8H2,1H3,(H2,14,15,16,18)/t10-/m0/s1. The van der Waals surface area contributed by atoms with Crippen molar-refractivity contribution in [2.45, 2.75) is 19.5 Å². The maximum absolute atomic E-state index is 11.7. The summed E-state index contributed by atoms with van der Waals surface area (Å²) in [4.78, 5) is 19.6. The van der Waals surface area contributed by atoms with Crippen LogP contribution in [0.15, 0.2) is 43.1 Å². The molecule has 6 nitrogen and oxygen atoms in total. The molecule has 94 valence electrons. The first-order valence-corrected chi connectivity index (χ1v) is 5.68. The highest BCUT2D eigenvalue weighted by molar-refractivity contribution is 5.88. The number of urea groups is 1. The van der Waals surface area contributed by atoms with Crippen molar-refractivity contribution in [3.05, 3.63) is 43.1 Å². The molecular formula is C12H15N5O. The Kier molecular flexibility index (Phi) is 3.90. The highest BCUT2D eigenvalue weighted by atomic mass is 16.2. The molecule has 1 atom stereocenters. The molecule has 2 N–H and O–H groups in total. The van der Waals surface area contributed by atoms with Gasteiger partial charge in [-0.2, -0.15) is 0 Å². The summed E-state index contributed by atoms with van der Waals surface area (Å²) < 4.78 is 1.91. The van der Waals surface area contributed by atoms with Gasteiger partial charge in [-0.1, -0.05) is 6.07 Å². The molecular weight excluding hydrogens is 230 g/mol. The van der Waals surface area contributed by atoms with Crippen LogP contribution in [0.25, 0.3) is 0 Å². The second-order valence-electron chi connectivity index (χ2n) is 3.97. The van der Waals surface area contributed by atoms with Crippen LogP contribution in [-0.4, -0.2) is 26.6 Å². The number of carbonyl (C=O) groups excluding carboxylic acids is 1. The fourth-order valence-corrected chi connectivity index (χ4v) is 1.57. The first-order chi connectivity index (χ1) is 8.74. The second-order valence-corrected chi connectivity index (χ2v) is 3.97. The maximum Gasteiger partial charge on any atom is 0.320 e. The third kappa shape index (κ3) is 3.58. The maximum atomic E-state index is 11.7.